The number of likely N-dealkylation sites (tertiary alicyclic amines) is 1. The van der Waals surface area contributed by atoms with Crippen molar-refractivity contribution in [1.82, 2.24) is 15.1 Å². The largest absolute Gasteiger partial charge is 0.380 e. The monoisotopic (exact) mass is 243 g/mol. The molecule has 1 rings (SSSR count). The SMILES string of the molecule is CCOCCNCCN(C)CCN1CCCC1. The van der Waals surface area contributed by atoms with E-state index in [0.717, 1.165) is 32.8 Å². The lowest BCUT2D eigenvalue weighted by Crippen LogP contribution is -2.36. The molecule has 4 nitrogen and oxygen atoms in total. The summed E-state index contributed by atoms with van der Waals surface area (Å²) < 4.78 is 5.27. The third-order valence-corrected chi connectivity index (χ3v) is 3.29. The van der Waals surface area contributed by atoms with Gasteiger partial charge in [-0.05, 0) is 39.9 Å². The molecule has 102 valence electrons. The summed E-state index contributed by atoms with van der Waals surface area (Å²) in [5.74, 6) is 0. The molecule has 0 aromatic heterocycles. The van der Waals surface area contributed by atoms with Gasteiger partial charge in [-0.15, -0.1) is 0 Å². The lowest BCUT2D eigenvalue weighted by Gasteiger charge is -2.21. The minimum atomic E-state index is 0.817. The number of hydrogen-bond donors (Lipinski definition) is 1. The molecule has 4 heteroatoms. The van der Waals surface area contributed by atoms with Gasteiger partial charge in [-0.1, -0.05) is 0 Å². The quantitative estimate of drug-likeness (QED) is 0.570. The average Bonchev–Trinajstić information content (AvgIpc) is 2.84. The van der Waals surface area contributed by atoms with Crippen molar-refractivity contribution < 1.29 is 4.74 Å². The lowest BCUT2D eigenvalue weighted by atomic mass is 10.4. The third kappa shape index (κ3) is 7.71. The summed E-state index contributed by atoms with van der Waals surface area (Å²) in [6.45, 7) is 11.9. The minimum Gasteiger partial charge on any atom is -0.380 e. The van der Waals surface area contributed by atoms with E-state index in [1.54, 1.807) is 0 Å². The van der Waals surface area contributed by atoms with Crippen LogP contribution in [0.1, 0.15) is 19.8 Å². The molecule has 1 heterocycles. The zero-order chi connectivity index (χ0) is 12.3. The maximum atomic E-state index is 5.27. The van der Waals surface area contributed by atoms with Crippen LogP contribution >= 0.6 is 0 Å². The van der Waals surface area contributed by atoms with Crippen molar-refractivity contribution in [2.45, 2.75) is 19.8 Å². The van der Waals surface area contributed by atoms with Crippen molar-refractivity contribution >= 4 is 0 Å². The Morgan fingerprint density at radius 1 is 1.18 bits per heavy atom. The molecule has 0 aromatic carbocycles. The van der Waals surface area contributed by atoms with Gasteiger partial charge in [0.1, 0.15) is 0 Å². The Kier molecular flexibility index (Phi) is 8.61. The van der Waals surface area contributed by atoms with Crippen LogP contribution in [0.2, 0.25) is 0 Å². The molecule has 1 N–H and O–H groups in total. The Balaban J connectivity index is 1.85. The molecule has 0 aromatic rings. The molecule has 1 aliphatic heterocycles. The molecule has 0 aliphatic carbocycles. The summed E-state index contributed by atoms with van der Waals surface area (Å²) in [6.07, 6.45) is 2.78. The Labute approximate surface area is 106 Å². The van der Waals surface area contributed by atoms with Crippen molar-refractivity contribution in [2.24, 2.45) is 0 Å². The minimum absolute atomic E-state index is 0.817. The van der Waals surface area contributed by atoms with E-state index in [2.05, 4.69) is 22.2 Å². The summed E-state index contributed by atoms with van der Waals surface area (Å²) >= 11 is 0. The van der Waals surface area contributed by atoms with Crippen LogP contribution in [0.4, 0.5) is 0 Å². The van der Waals surface area contributed by atoms with Crippen LogP contribution in [0.15, 0.2) is 0 Å². The van der Waals surface area contributed by atoms with Gasteiger partial charge in [0.05, 0.1) is 6.61 Å². The van der Waals surface area contributed by atoms with Gasteiger partial charge in [0.2, 0.25) is 0 Å². The zero-order valence-electron chi connectivity index (χ0n) is 11.6. The molecular weight excluding hydrogens is 214 g/mol. The second-order valence-electron chi connectivity index (χ2n) is 4.80. The first-order valence-corrected chi connectivity index (χ1v) is 7.02. The highest BCUT2D eigenvalue weighted by Gasteiger charge is 2.11. The van der Waals surface area contributed by atoms with Crippen LogP contribution in [-0.4, -0.2) is 75.9 Å². The maximum Gasteiger partial charge on any atom is 0.0590 e. The van der Waals surface area contributed by atoms with E-state index in [-0.39, 0.29) is 0 Å². The van der Waals surface area contributed by atoms with E-state index in [0.29, 0.717) is 0 Å². The molecule has 1 aliphatic rings. The fourth-order valence-corrected chi connectivity index (χ4v) is 2.11. The second-order valence-corrected chi connectivity index (χ2v) is 4.80. The highest BCUT2D eigenvalue weighted by atomic mass is 16.5. The van der Waals surface area contributed by atoms with Crippen molar-refractivity contribution in [1.29, 1.82) is 0 Å². The molecular formula is C13H29N3O. The summed E-state index contributed by atoms with van der Waals surface area (Å²) in [4.78, 5) is 4.98. The van der Waals surface area contributed by atoms with E-state index >= 15 is 0 Å². The Morgan fingerprint density at radius 2 is 1.94 bits per heavy atom. The van der Waals surface area contributed by atoms with Gasteiger partial charge in [-0.3, -0.25) is 0 Å². The number of nitrogens with one attached hydrogen (secondary N) is 1. The number of hydrogen-bond acceptors (Lipinski definition) is 4. The predicted molar refractivity (Wildman–Crippen MR) is 72.5 cm³/mol. The van der Waals surface area contributed by atoms with Crippen molar-refractivity contribution in [3.05, 3.63) is 0 Å². The van der Waals surface area contributed by atoms with Gasteiger partial charge < -0.3 is 19.9 Å². The third-order valence-electron chi connectivity index (χ3n) is 3.29. The van der Waals surface area contributed by atoms with Crippen molar-refractivity contribution in [3.63, 3.8) is 0 Å². The number of likely N-dealkylation sites (N-methyl/N-ethyl adjacent to an activating group) is 1. The predicted octanol–water partition coefficient (Wildman–Crippen LogP) is 0.640. The first-order valence-electron chi connectivity index (χ1n) is 7.02. The van der Waals surface area contributed by atoms with Crippen LogP contribution in [-0.2, 0) is 4.74 Å². The number of nitrogens with zero attached hydrogens (tertiary/aromatic N) is 2. The van der Waals surface area contributed by atoms with E-state index in [4.69, 9.17) is 4.74 Å². The highest BCUT2D eigenvalue weighted by Crippen LogP contribution is 2.06. The summed E-state index contributed by atoms with van der Waals surface area (Å²) in [6, 6.07) is 0. The molecule has 1 saturated heterocycles. The summed E-state index contributed by atoms with van der Waals surface area (Å²) in [5, 5.41) is 3.40. The standard InChI is InChI=1S/C13H29N3O/c1-3-17-13-7-14-6-10-15(2)11-12-16-8-4-5-9-16/h14H,3-13H2,1-2H3. The molecule has 0 saturated carbocycles. The van der Waals surface area contributed by atoms with E-state index in [1.165, 1.54) is 39.0 Å². The van der Waals surface area contributed by atoms with Crippen LogP contribution in [0, 0.1) is 0 Å². The van der Waals surface area contributed by atoms with E-state index in [9.17, 15) is 0 Å². The van der Waals surface area contributed by atoms with Crippen LogP contribution < -0.4 is 5.32 Å². The first kappa shape index (κ1) is 14.9. The molecule has 17 heavy (non-hydrogen) atoms. The zero-order valence-corrected chi connectivity index (χ0v) is 11.6. The number of ether oxygens (including phenoxy) is 1. The first-order chi connectivity index (χ1) is 8.33. The van der Waals surface area contributed by atoms with Gasteiger partial charge in [0.25, 0.3) is 0 Å². The van der Waals surface area contributed by atoms with E-state index in [1.807, 2.05) is 6.92 Å². The molecule has 0 radical (unpaired) electrons. The molecule has 0 atom stereocenters. The highest BCUT2D eigenvalue weighted by molar-refractivity contribution is 4.67. The van der Waals surface area contributed by atoms with Gasteiger partial charge in [0, 0.05) is 39.3 Å². The van der Waals surface area contributed by atoms with Gasteiger partial charge in [-0.2, -0.15) is 0 Å². The Morgan fingerprint density at radius 3 is 2.65 bits per heavy atom. The molecule has 0 amide bonds. The lowest BCUT2D eigenvalue weighted by molar-refractivity contribution is 0.148. The normalized spacial score (nSPS) is 17.1. The summed E-state index contributed by atoms with van der Waals surface area (Å²) in [5.41, 5.74) is 0. The molecule has 0 spiro atoms. The Hall–Kier alpha value is -0.160. The molecule has 1 fully saturated rings. The summed E-state index contributed by atoms with van der Waals surface area (Å²) in [7, 11) is 2.21. The average molecular weight is 243 g/mol. The smallest absolute Gasteiger partial charge is 0.0590 e. The number of rotatable bonds is 10. The maximum absolute atomic E-state index is 5.27. The molecule has 0 bridgehead atoms. The van der Waals surface area contributed by atoms with Crippen LogP contribution in [0.25, 0.3) is 0 Å². The van der Waals surface area contributed by atoms with Crippen LogP contribution in [0.3, 0.4) is 0 Å². The van der Waals surface area contributed by atoms with Gasteiger partial charge in [-0.25, -0.2) is 0 Å². The topological polar surface area (TPSA) is 27.7 Å². The molecule has 0 unspecified atom stereocenters. The fourth-order valence-electron chi connectivity index (χ4n) is 2.11. The van der Waals surface area contributed by atoms with Gasteiger partial charge >= 0.3 is 0 Å². The Bertz CT molecular complexity index is 172. The van der Waals surface area contributed by atoms with E-state index < -0.39 is 0 Å². The van der Waals surface area contributed by atoms with Gasteiger partial charge in [0.15, 0.2) is 0 Å². The van der Waals surface area contributed by atoms with Crippen molar-refractivity contribution in [3.8, 4) is 0 Å². The fraction of sp³-hybridized carbons (Fsp3) is 1.00. The second kappa shape index (κ2) is 9.83. The van der Waals surface area contributed by atoms with Crippen molar-refractivity contribution in [2.75, 3.05) is 66.1 Å². The van der Waals surface area contributed by atoms with Crippen LogP contribution in [0.5, 0.6) is 0 Å².